The van der Waals surface area contributed by atoms with Crippen LogP contribution in [0.5, 0.6) is 0 Å². The monoisotopic (exact) mass is 458 g/mol. The summed E-state index contributed by atoms with van der Waals surface area (Å²) in [4.78, 5) is 21.5. The molecule has 1 aromatic carbocycles. The third-order valence-corrected chi connectivity index (χ3v) is 7.17. The van der Waals surface area contributed by atoms with E-state index in [1.165, 1.54) is 22.7 Å². The van der Waals surface area contributed by atoms with Gasteiger partial charge in [-0.15, -0.1) is 11.3 Å². The van der Waals surface area contributed by atoms with Crippen LogP contribution < -0.4 is 16.8 Å². The number of hydrogen-bond acceptors (Lipinski definition) is 7. The molecule has 0 saturated carbocycles. The normalized spacial score (nSPS) is 11.1. The Morgan fingerprint density at radius 3 is 2.88 bits per heavy atom. The minimum absolute atomic E-state index is 0.133. The fraction of sp³-hybridized carbons (Fsp3) is 0.0870. The maximum Gasteiger partial charge on any atom is 0.263 e. The van der Waals surface area contributed by atoms with Gasteiger partial charge in [-0.05, 0) is 40.4 Å². The lowest BCUT2D eigenvalue weighted by molar-refractivity contribution is 0.0959. The van der Waals surface area contributed by atoms with Gasteiger partial charge in [0.05, 0.1) is 5.69 Å². The number of carbonyl (C=O) groups is 1. The highest BCUT2D eigenvalue weighted by molar-refractivity contribution is 7.21. The minimum atomic E-state index is -0.265. The molecule has 9 heteroatoms. The van der Waals surface area contributed by atoms with E-state index in [-0.39, 0.29) is 17.3 Å². The molecule has 1 amide bonds. The Kier molecular flexibility index (Phi) is 5.01. The van der Waals surface area contributed by atoms with Crippen LogP contribution in [0.25, 0.3) is 32.2 Å². The molecule has 0 aliphatic heterocycles. The molecule has 4 aromatic heterocycles. The van der Waals surface area contributed by atoms with Crippen molar-refractivity contribution < 1.29 is 4.79 Å². The van der Waals surface area contributed by atoms with Crippen molar-refractivity contribution in [1.29, 1.82) is 5.26 Å². The second kappa shape index (κ2) is 8.00. The maximum absolute atomic E-state index is 13.0. The number of nitrogen functional groups attached to an aromatic ring is 2. The number of rotatable bonds is 5. The number of benzene rings is 1. The number of fused-ring (bicyclic) bond motifs is 2. The molecule has 158 valence electrons. The van der Waals surface area contributed by atoms with E-state index < -0.39 is 0 Å². The molecule has 4 heterocycles. The fourth-order valence-corrected chi connectivity index (χ4v) is 5.55. The zero-order chi connectivity index (χ0) is 22.2. The number of thiophene rings is 2. The minimum Gasteiger partial charge on any atom is -0.397 e. The molecule has 5 rings (SSSR count). The third-order valence-electron chi connectivity index (χ3n) is 5.39. The van der Waals surface area contributed by atoms with E-state index in [0.717, 1.165) is 22.0 Å². The van der Waals surface area contributed by atoms with Gasteiger partial charge in [-0.2, -0.15) is 16.6 Å². The molecule has 0 atom stereocenters. The largest absolute Gasteiger partial charge is 0.397 e. The van der Waals surface area contributed by atoms with Crippen LogP contribution in [0.1, 0.15) is 20.8 Å². The quantitative estimate of drug-likeness (QED) is 0.307. The molecule has 0 radical (unpaired) electrons. The number of carbonyl (C=O) groups excluding carboxylic acids is 1. The molecule has 0 aliphatic rings. The lowest BCUT2D eigenvalue weighted by atomic mass is 9.99. The SMILES string of the molecule is N#Cc1c(N)nc2sc(C(=O)NCCc3c[nH]c4ccccc34)c(N)c2c1-c1ccsc1. The predicted octanol–water partition coefficient (Wildman–Crippen LogP) is 4.51. The van der Waals surface area contributed by atoms with Gasteiger partial charge in [-0.25, -0.2) is 4.98 Å². The lowest BCUT2D eigenvalue weighted by Crippen LogP contribution is -2.25. The van der Waals surface area contributed by atoms with Crippen molar-refractivity contribution >= 4 is 61.2 Å². The van der Waals surface area contributed by atoms with Gasteiger partial charge in [0.1, 0.15) is 27.2 Å². The zero-order valence-electron chi connectivity index (χ0n) is 16.8. The Balaban J connectivity index is 1.45. The first-order chi connectivity index (χ1) is 15.6. The van der Waals surface area contributed by atoms with Crippen molar-refractivity contribution in [3.05, 3.63) is 63.3 Å². The summed E-state index contributed by atoms with van der Waals surface area (Å²) in [5.41, 5.74) is 16.7. The third kappa shape index (κ3) is 3.26. The lowest BCUT2D eigenvalue weighted by Gasteiger charge is -2.08. The number of aromatic amines is 1. The summed E-state index contributed by atoms with van der Waals surface area (Å²) in [6.45, 7) is 0.463. The number of nitrogens with one attached hydrogen (secondary N) is 2. The van der Waals surface area contributed by atoms with E-state index in [4.69, 9.17) is 11.5 Å². The summed E-state index contributed by atoms with van der Waals surface area (Å²) in [7, 11) is 0. The predicted molar refractivity (Wildman–Crippen MR) is 131 cm³/mol. The first-order valence-corrected chi connectivity index (χ1v) is 11.6. The maximum atomic E-state index is 13.0. The molecule has 0 fully saturated rings. The van der Waals surface area contributed by atoms with Crippen LogP contribution in [-0.4, -0.2) is 22.4 Å². The molecule has 0 spiro atoms. The van der Waals surface area contributed by atoms with Crippen molar-refractivity contribution in [2.75, 3.05) is 18.0 Å². The smallest absolute Gasteiger partial charge is 0.263 e. The van der Waals surface area contributed by atoms with Crippen LogP contribution in [0.4, 0.5) is 11.5 Å². The van der Waals surface area contributed by atoms with Crippen molar-refractivity contribution in [3.63, 3.8) is 0 Å². The number of para-hydroxylation sites is 1. The van der Waals surface area contributed by atoms with Gasteiger partial charge in [-0.3, -0.25) is 4.79 Å². The Bertz CT molecular complexity index is 1510. The van der Waals surface area contributed by atoms with E-state index in [2.05, 4.69) is 27.4 Å². The molecular weight excluding hydrogens is 440 g/mol. The van der Waals surface area contributed by atoms with Crippen molar-refractivity contribution in [3.8, 4) is 17.2 Å². The highest BCUT2D eigenvalue weighted by Gasteiger charge is 2.24. The van der Waals surface area contributed by atoms with Gasteiger partial charge in [0.2, 0.25) is 0 Å². The summed E-state index contributed by atoms with van der Waals surface area (Å²) in [5, 5.41) is 18.2. The number of pyridine rings is 1. The van der Waals surface area contributed by atoms with Crippen LogP contribution in [-0.2, 0) is 6.42 Å². The summed E-state index contributed by atoms with van der Waals surface area (Å²) in [6.07, 6.45) is 2.65. The van der Waals surface area contributed by atoms with Gasteiger partial charge in [0.25, 0.3) is 5.91 Å². The summed E-state index contributed by atoms with van der Waals surface area (Å²) in [5.74, 6) is -0.132. The number of nitriles is 1. The number of anilines is 2. The van der Waals surface area contributed by atoms with E-state index in [1.807, 2.05) is 41.2 Å². The van der Waals surface area contributed by atoms with Crippen LogP contribution in [0.15, 0.2) is 47.3 Å². The van der Waals surface area contributed by atoms with Crippen LogP contribution >= 0.6 is 22.7 Å². The fourth-order valence-electron chi connectivity index (χ4n) is 3.88. The number of nitrogens with zero attached hydrogens (tertiary/aromatic N) is 2. The van der Waals surface area contributed by atoms with E-state index in [1.54, 1.807) is 0 Å². The second-order valence-electron chi connectivity index (χ2n) is 7.26. The molecule has 0 bridgehead atoms. The number of nitrogens with two attached hydrogens (primary N) is 2. The molecule has 0 unspecified atom stereocenters. The highest BCUT2D eigenvalue weighted by Crippen LogP contribution is 2.43. The van der Waals surface area contributed by atoms with Crippen LogP contribution in [0, 0.1) is 11.3 Å². The summed E-state index contributed by atoms with van der Waals surface area (Å²) in [6, 6.07) is 12.1. The van der Waals surface area contributed by atoms with Crippen molar-refractivity contribution in [2.45, 2.75) is 6.42 Å². The number of aromatic nitrogens is 2. The second-order valence-corrected chi connectivity index (χ2v) is 9.04. The van der Waals surface area contributed by atoms with Crippen molar-refractivity contribution in [1.82, 2.24) is 15.3 Å². The average Bonchev–Trinajstić information content (AvgIpc) is 3.53. The van der Waals surface area contributed by atoms with Gasteiger partial charge >= 0.3 is 0 Å². The highest BCUT2D eigenvalue weighted by atomic mass is 32.1. The first-order valence-electron chi connectivity index (χ1n) is 9.85. The Labute approximate surface area is 191 Å². The standard InChI is InChI=1S/C23H18N6OS2/c24-9-15-17(13-6-8-31-11-13)18-19(25)20(32-23(18)29-21(15)26)22(30)27-7-5-12-10-28-16-4-2-1-3-14(12)16/h1-4,6,8,10-11,28H,5,7,25H2,(H2,26,29)(H,27,30). The molecule has 32 heavy (non-hydrogen) atoms. The van der Waals surface area contributed by atoms with E-state index >= 15 is 0 Å². The van der Waals surface area contributed by atoms with E-state index in [0.29, 0.717) is 39.3 Å². The Hall–Kier alpha value is -3.87. The molecule has 0 saturated heterocycles. The van der Waals surface area contributed by atoms with Gasteiger partial charge < -0.3 is 21.8 Å². The van der Waals surface area contributed by atoms with Crippen LogP contribution in [0.2, 0.25) is 0 Å². The van der Waals surface area contributed by atoms with E-state index in [9.17, 15) is 10.1 Å². The Morgan fingerprint density at radius 1 is 1.25 bits per heavy atom. The number of amides is 1. The zero-order valence-corrected chi connectivity index (χ0v) is 18.4. The molecular formula is C23H18N6OS2. The van der Waals surface area contributed by atoms with Crippen LogP contribution in [0.3, 0.4) is 0 Å². The Morgan fingerprint density at radius 2 is 2.09 bits per heavy atom. The summed E-state index contributed by atoms with van der Waals surface area (Å²) < 4.78 is 0. The van der Waals surface area contributed by atoms with Gasteiger partial charge in [0, 0.05) is 34.6 Å². The molecule has 5 aromatic rings. The summed E-state index contributed by atoms with van der Waals surface area (Å²) >= 11 is 2.69. The average molecular weight is 459 g/mol. The van der Waals surface area contributed by atoms with Gasteiger partial charge in [0.15, 0.2) is 0 Å². The molecule has 0 aliphatic carbocycles. The molecule has 7 nitrogen and oxygen atoms in total. The first kappa shape index (κ1) is 20.1. The topological polar surface area (TPSA) is 134 Å². The number of H-pyrrole nitrogens is 1. The van der Waals surface area contributed by atoms with Gasteiger partial charge in [-0.1, -0.05) is 18.2 Å². The molecule has 6 N–H and O–H groups in total. The number of hydrogen-bond donors (Lipinski definition) is 4. The van der Waals surface area contributed by atoms with Crippen molar-refractivity contribution in [2.24, 2.45) is 0 Å².